The lowest BCUT2D eigenvalue weighted by atomic mass is 10.2. The van der Waals surface area contributed by atoms with Crippen LogP contribution in [-0.2, 0) is 11.2 Å². The molecule has 0 aliphatic heterocycles. The van der Waals surface area contributed by atoms with Crippen molar-refractivity contribution in [2.24, 2.45) is 0 Å². The number of carbonyl (C=O) groups is 1. The summed E-state index contributed by atoms with van der Waals surface area (Å²) in [5.74, 6) is 2.01. The van der Waals surface area contributed by atoms with Gasteiger partial charge in [0.25, 0.3) is 0 Å². The molecule has 142 valence electrons. The highest BCUT2D eigenvalue weighted by Gasteiger charge is 2.13. The third kappa shape index (κ3) is 5.07. The molecule has 7 nitrogen and oxygen atoms in total. The van der Waals surface area contributed by atoms with Crippen LogP contribution in [0, 0.1) is 0 Å². The largest absolute Gasteiger partial charge is 0.494 e. The Morgan fingerprint density at radius 2 is 2.04 bits per heavy atom. The Kier molecular flexibility index (Phi) is 6.43. The number of amides is 1. The molecule has 0 aliphatic rings. The first-order chi connectivity index (χ1) is 13.2. The van der Waals surface area contributed by atoms with Crippen molar-refractivity contribution in [1.29, 1.82) is 0 Å². The smallest absolute Gasteiger partial charge is 0.248 e. The number of anilines is 1. The summed E-state index contributed by atoms with van der Waals surface area (Å²) >= 11 is 1.56. The molecular formula is C19H21N3O4S. The van der Waals surface area contributed by atoms with Crippen molar-refractivity contribution >= 4 is 22.9 Å². The molecule has 8 heteroatoms. The van der Waals surface area contributed by atoms with E-state index >= 15 is 0 Å². The topological polar surface area (TPSA) is 86.5 Å². The van der Waals surface area contributed by atoms with E-state index in [4.69, 9.17) is 13.9 Å². The number of aromatic nitrogens is 2. The molecule has 2 heterocycles. The first-order valence-electron chi connectivity index (χ1n) is 8.74. The van der Waals surface area contributed by atoms with Gasteiger partial charge in [-0.15, -0.1) is 10.2 Å². The lowest BCUT2D eigenvalue weighted by Gasteiger charge is -2.13. The van der Waals surface area contributed by atoms with E-state index in [2.05, 4.69) is 15.5 Å². The third-order valence-electron chi connectivity index (χ3n) is 3.64. The summed E-state index contributed by atoms with van der Waals surface area (Å²) in [7, 11) is 0. The van der Waals surface area contributed by atoms with Gasteiger partial charge in [0.1, 0.15) is 11.5 Å². The zero-order valence-corrected chi connectivity index (χ0v) is 16.0. The maximum absolute atomic E-state index is 12.4. The van der Waals surface area contributed by atoms with Crippen molar-refractivity contribution in [2.75, 3.05) is 18.5 Å². The number of ether oxygens (including phenoxy) is 2. The fraction of sp³-hybridized carbons (Fsp3) is 0.316. The molecule has 1 N–H and O–H groups in total. The molecule has 0 saturated heterocycles. The Balaban J connectivity index is 1.61. The fourth-order valence-electron chi connectivity index (χ4n) is 2.44. The SMILES string of the molecule is CCOc1ccc(OCC)c(NC(=O)CCc2nnc(-c3ccsc3)o2)c1. The van der Waals surface area contributed by atoms with Crippen molar-refractivity contribution in [3.8, 4) is 23.0 Å². The second-order valence-electron chi connectivity index (χ2n) is 5.59. The molecule has 27 heavy (non-hydrogen) atoms. The number of thiophene rings is 1. The third-order valence-corrected chi connectivity index (χ3v) is 4.32. The van der Waals surface area contributed by atoms with Crippen LogP contribution in [-0.4, -0.2) is 29.3 Å². The Bertz CT molecular complexity index is 877. The maximum atomic E-state index is 12.4. The Labute approximate surface area is 161 Å². The van der Waals surface area contributed by atoms with Crippen LogP contribution in [0.3, 0.4) is 0 Å². The molecule has 3 rings (SSSR count). The van der Waals surface area contributed by atoms with Gasteiger partial charge in [-0.05, 0) is 37.4 Å². The number of rotatable bonds is 9. The highest BCUT2D eigenvalue weighted by atomic mass is 32.1. The highest BCUT2D eigenvalue weighted by molar-refractivity contribution is 7.08. The van der Waals surface area contributed by atoms with Crippen molar-refractivity contribution in [3.05, 3.63) is 40.9 Å². The molecule has 0 unspecified atom stereocenters. The van der Waals surface area contributed by atoms with Gasteiger partial charge >= 0.3 is 0 Å². The molecule has 0 saturated carbocycles. The summed E-state index contributed by atoms with van der Waals surface area (Å²) in [6, 6.07) is 7.27. The van der Waals surface area contributed by atoms with Crippen LogP contribution in [0.5, 0.6) is 11.5 Å². The van der Waals surface area contributed by atoms with Crippen molar-refractivity contribution in [1.82, 2.24) is 10.2 Å². The van der Waals surface area contributed by atoms with Crippen LogP contribution >= 0.6 is 11.3 Å². The molecule has 0 fully saturated rings. The van der Waals surface area contributed by atoms with E-state index in [9.17, 15) is 4.79 Å². The number of nitrogens with zero attached hydrogens (tertiary/aromatic N) is 2. The molecule has 0 spiro atoms. The van der Waals surface area contributed by atoms with Crippen molar-refractivity contribution in [2.45, 2.75) is 26.7 Å². The van der Waals surface area contributed by atoms with Crippen LogP contribution in [0.2, 0.25) is 0 Å². The Morgan fingerprint density at radius 3 is 2.78 bits per heavy atom. The van der Waals surface area contributed by atoms with E-state index in [1.807, 2.05) is 36.7 Å². The number of carbonyl (C=O) groups excluding carboxylic acids is 1. The number of nitrogens with one attached hydrogen (secondary N) is 1. The molecule has 1 aromatic carbocycles. The van der Waals surface area contributed by atoms with E-state index in [-0.39, 0.29) is 12.3 Å². The number of hydrogen-bond donors (Lipinski definition) is 1. The van der Waals surface area contributed by atoms with Crippen LogP contribution < -0.4 is 14.8 Å². The van der Waals surface area contributed by atoms with E-state index in [0.717, 1.165) is 5.56 Å². The van der Waals surface area contributed by atoms with Gasteiger partial charge in [0, 0.05) is 29.9 Å². The van der Waals surface area contributed by atoms with E-state index in [1.165, 1.54) is 0 Å². The van der Waals surface area contributed by atoms with E-state index in [0.29, 0.717) is 48.6 Å². The van der Waals surface area contributed by atoms with Gasteiger partial charge in [-0.1, -0.05) is 0 Å². The normalized spacial score (nSPS) is 10.6. The molecule has 3 aromatic rings. The number of aryl methyl sites for hydroxylation is 1. The first kappa shape index (κ1) is 18.9. The minimum Gasteiger partial charge on any atom is -0.494 e. The number of benzene rings is 1. The predicted molar refractivity (Wildman–Crippen MR) is 103 cm³/mol. The van der Waals surface area contributed by atoms with Crippen LogP contribution in [0.25, 0.3) is 11.5 Å². The maximum Gasteiger partial charge on any atom is 0.248 e. The Hall–Kier alpha value is -2.87. The van der Waals surface area contributed by atoms with Gasteiger partial charge < -0.3 is 19.2 Å². The Morgan fingerprint density at radius 1 is 1.19 bits per heavy atom. The van der Waals surface area contributed by atoms with Gasteiger partial charge in [0.15, 0.2) is 0 Å². The summed E-state index contributed by atoms with van der Waals surface area (Å²) < 4.78 is 16.7. The molecule has 0 aliphatic carbocycles. The molecule has 0 bridgehead atoms. The highest BCUT2D eigenvalue weighted by Crippen LogP contribution is 2.29. The molecule has 1 amide bonds. The minimum atomic E-state index is -0.167. The van der Waals surface area contributed by atoms with Gasteiger partial charge in [-0.2, -0.15) is 11.3 Å². The van der Waals surface area contributed by atoms with Gasteiger partial charge in [-0.3, -0.25) is 4.79 Å². The summed E-state index contributed by atoms with van der Waals surface area (Å²) in [6.07, 6.45) is 0.577. The molecular weight excluding hydrogens is 366 g/mol. The van der Waals surface area contributed by atoms with Crippen LogP contribution in [0.1, 0.15) is 26.2 Å². The fourth-order valence-corrected chi connectivity index (χ4v) is 3.06. The minimum absolute atomic E-state index is 0.167. The molecule has 0 radical (unpaired) electrons. The lowest BCUT2D eigenvalue weighted by molar-refractivity contribution is -0.116. The monoisotopic (exact) mass is 387 g/mol. The van der Waals surface area contributed by atoms with Gasteiger partial charge in [-0.25, -0.2) is 0 Å². The molecule has 2 aromatic heterocycles. The predicted octanol–water partition coefficient (Wildman–Crippen LogP) is 4.17. The van der Waals surface area contributed by atoms with E-state index < -0.39 is 0 Å². The summed E-state index contributed by atoms with van der Waals surface area (Å²) in [6.45, 7) is 4.85. The lowest BCUT2D eigenvalue weighted by Crippen LogP contribution is -2.13. The zero-order chi connectivity index (χ0) is 19.1. The second kappa shape index (κ2) is 9.18. The molecule has 0 atom stereocenters. The first-order valence-corrected chi connectivity index (χ1v) is 9.68. The van der Waals surface area contributed by atoms with Gasteiger partial charge in [0.05, 0.1) is 18.9 Å². The summed E-state index contributed by atoms with van der Waals surface area (Å²) in [5.41, 5.74) is 1.47. The standard InChI is InChI=1S/C19H21N3O4S/c1-3-24-14-5-6-16(25-4-2)15(11-14)20-17(23)7-8-18-21-22-19(26-18)13-9-10-27-12-13/h5-6,9-12H,3-4,7-8H2,1-2H3,(H,20,23). The van der Waals surface area contributed by atoms with Gasteiger partial charge in [0.2, 0.25) is 17.7 Å². The quantitative estimate of drug-likeness (QED) is 0.593. The summed E-state index contributed by atoms with van der Waals surface area (Å²) in [5, 5.41) is 14.8. The average molecular weight is 387 g/mol. The van der Waals surface area contributed by atoms with Crippen molar-refractivity contribution < 1.29 is 18.7 Å². The van der Waals surface area contributed by atoms with Crippen LogP contribution in [0.4, 0.5) is 5.69 Å². The van der Waals surface area contributed by atoms with Crippen LogP contribution in [0.15, 0.2) is 39.4 Å². The summed E-state index contributed by atoms with van der Waals surface area (Å²) in [4.78, 5) is 12.4. The number of hydrogen-bond acceptors (Lipinski definition) is 7. The van der Waals surface area contributed by atoms with Crippen molar-refractivity contribution in [3.63, 3.8) is 0 Å². The van der Waals surface area contributed by atoms with E-state index in [1.54, 1.807) is 23.5 Å². The average Bonchev–Trinajstić information content (AvgIpc) is 3.34. The second-order valence-corrected chi connectivity index (χ2v) is 6.37. The zero-order valence-electron chi connectivity index (χ0n) is 15.2.